The molecule has 2 aromatic carbocycles. The zero-order valence-electron chi connectivity index (χ0n) is 14.4. The van der Waals surface area contributed by atoms with Gasteiger partial charge in [-0.2, -0.15) is 4.31 Å². The molecule has 27 heavy (non-hydrogen) atoms. The minimum Gasteiger partial charge on any atom is -0.312 e. The van der Waals surface area contributed by atoms with Gasteiger partial charge in [0.2, 0.25) is 15.9 Å². The molecular weight excluding hydrogens is 374 g/mol. The van der Waals surface area contributed by atoms with E-state index in [1.165, 1.54) is 45.6 Å². The van der Waals surface area contributed by atoms with Crippen LogP contribution in [0, 0.1) is 17.0 Å². The van der Waals surface area contributed by atoms with Gasteiger partial charge in [-0.25, -0.2) is 17.2 Å². The van der Waals surface area contributed by atoms with Crippen LogP contribution in [0.3, 0.4) is 0 Å². The number of carbonyl (C=O) groups excluding carboxylic acids is 1. The van der Waals surface area contributed by atoms with Crippen LogP contribution in [0.4, 0.5) is 14.5 Å². The fraction of sp³-hybridized carbons (Fsp3) is 0.316. The molecule has 0 radical (unpaired) electrons. The number of sulfonamides is 1. The van der Waals surface area contributed by atoms with Gasteiger partial charge in [0.15, 0.2) is 0 Å². The molecule has 8 heteroatoms. The second kappa shape index (κ2) is 6.38. The molecule has 1 atom stereocenters. The number of hydrogen-bond donors (Lipinski definition) is 0. The van der Waals surface area contributed by atoms with Crippen molar-refractivity contribution in [1.29, 1.82) is 0 Å². The van der Waals surface area contributed by atoms with Crippen molar-refractivity contribution in [2.75, 3.05) is 24.5 Å². The first kappa shape index (κ1) is 18.1. The van der Waals surface area contributed by atoms with Crippen molar-refractivity contribution in [3.05, 3.63) is 60.2 Å². The Hall–Kier alpha value is -2.32. The van der Waals surface area contributed by atoms with E-state index in [-0.39, 0.29) is 30.3 Å². The molecule has 0 bridgehead atoms. The van der Waals surface area contributed by atoms with Crippen molar-refractivity contribution >= 4 is 21.6 Å². The predicted octanol–water partition coefficient (Wildman–Crippen LogP) is 2.78. The van der Waals surface area contributed by atoms with Gasteiger partial charge in [-0.15, -0.1) is 0 Å². The van der Waals surface area contributed by atoms with Crippen LogP contribution in [0.25, 0.3) is 0 Å². The standard InChI is InChI=1S/C19H18F2N2O3S/c20-14-3-1-5-16(9-14)23-13-19(11-18(23)24)7-8-22(12-19)27(25,26)17-6-2-4-15(21)10-17/h1-6,9-10H,7-8,11-13H2/t19-/m1/s1. The smallest absolute Gasteiger partial charge is 0.243 e. The van der Waals surface area contributed by atoms with E-state index in [0.29, 0.717) is 18.7 Å². The van der Waals surface area contributed by atoms with Crippen LogP contribution in [0.1, 0.15) is 12.8 Å². The molecule has 1 amide bonds. The Labute approximate surface area is 156 Å². The number of rotatable bonds is 3. The first-order chi connectivity index (χ1) is 12.8. The number of anilines is 1. The maximum atomic E-state index is 13.5. The molecule has 2 aromatic rings. The van der Waals surface area contributed by atoms with Crippen molar-refractivity contribution in [3.8, 4) is 0 Å². The van der Waals surface area contributed by atoms with Gasteiger partial charge in [-0.05, 0) is 42.8 Å². The van der Waals surface area contributed by atoms with Gasteiger partial charge in [0.25, 0.3) is 0 Å². The Bertz CT molecular complexity index is 1010. The summed E-state index contributed by atoms with van der Waals surface area (Å²) in [6.07, 6.45) is 0.734. The molecule has 2 aliphatic heterocycles. The molecule has 5 nitrogen and oxygen atoms in total. The Balaban J connectivity index is 1.56. The second-order valence-corrected chi connectivity index (χ2v) is 9.12. The van der Waals surface area contributed by atoms with E-state index in [0.717, 1.165) is 6.07 Å². The van der Waals surface area contributed by atoms with E-state index in [1.54, 1.807) is 6.07 Å². The molecule has 4 rings (SSSR count). The first-order valence-corrected chi connectivity index (χ1v) is 10.0. The zero-order chi connectivity index (χ0) is 19.2. The average Bonchev–Trinajstić information content (AvgIpc) is 3.19. The van der Waals surface area contributed by atoms with Crippen LogP contribution < -0.4 is 4.90 Å². The first-order valence-electron chi connectivity index (χ1n) is 8.61. The van der Waals surface area contributed by atoms with Crippen molar-refractivity contribution in [3.63, 3.8) is 0 Å². The number of hydrogen-bond acceptors (Lipinski definition) is 3. The van der Waals surface area contributed by atoms with Gasteiger partial charge in [0, 0.05) is 37.2 Å². The fourth-order valence-corrected chi connectivity index (χ4v) is 5.51. The number of amides is 1. The molecule has 0 N–H and O–H groups in total. The normalized spacial score (nSPS) is 23.5. The van der Waals surface area contributed by atoms with E-state index in [9.17, 15) is 22.0 Å². The highest BCUT2D eigenvalue weighted by Gasteiger charge is 2.50. The second-order valence-electron chi connectivity index (χ2n) is 7.18. The highest BCUT2D eigenvalue weighted by Crippen LogP contribution is 2.43. The third-order valence-corrected chi connectivity index (χ3v) is 7.12. The molecule has 2 heterocycles. The zero-order valence-corrected chi connectivity index (χ0v) is 15.3. The fourth-order valence-electron chi connectivity index (χ4n) is 3.92. The van der Waals surface area contributed by atoms with Crippen molar-refractivity contribution in [1.82, 2.24) is 4.31 Å². The highest BCUT2D eigenvalue weighted by atomic mass is 32.2. The molecular formula is C19H18F2N2O3S. The van der Waals surface area contributed by atoms with Crippen LogP contribution in [-0.2, 0) is 14.8 Å². The average molecular weight is 392 g/mol. The molecule has 2 fully saturated rings. The summed E-state index contributed by atoms with van der Waals surface area (Å²) in [6, 6.07) is 10.7. The van der Waals surface area contributed by atoms with Gasteiger partial charge in [-0.1, -0.05) is 12.1 Å². The van der Waals surface area contributed by atoms with E-state index in [1.807, 2.05) is 0 Å². The van der Waals surface area contributed by atoms with Crippen LogP contribution in [0.15, 0.2) is 53.4 Å². The van der Waals surface area contributed by atoms with E-state index in [2.05, 4.69) is 0 Å². The van der Waals surface area contributed by atoms with Gasteiger partial charge in [0.05, 0.1) is 4.90 Å². The molecule has 0 saturated carbocycles. The van der Waals surface area contributed by atoms with Gasteiger partial charge in [0.1, 0.15) is 11.6 Å². The quantitative estimate of drug-likeness (QED) is 0.807. The Morgan fingerprint density at radius 2 is 1.67 bits per heavy atom. The summed E-state index contributed by atoms with van der Waals surface area (Å²) in [7, 11) is -3.83. The summed E-state index contributed by atoms with van der Waals surface area (Å²) in [6.45, 7) is 0.789. The number of carbonyl (C=O) groups is 1. The van der Waals surface area contributed by atoms with Crippen LogP contribution in [-0.4, -0.2) is 38.3 Å². The van der Waals surface area contributed by atoms with E-state index >= 15 is 0 Å². The van der Waals surface area contributed by atoms with Crippen LogP contribution >= 0.6 is 0 Å². The molecule has 2 aliphatic rings. The lowest BCUT2D eigenvalue weighted by Crippen LogP contribution is -2.34. The molecule has 0 aromatic heterocycles. The summed E-state index contributed by atoms with van der Waals surface area (Å²) < 4.78 is 53.9. The molecule has 142 valence electrons. The lowest BCUT2D eigenvalue weighted by Gasteiger charge is -2.24. The molecule has 0 unspecified atom stereocenters. The number of halogens is 2. The molecule has 2 saturated heterocycles. The third-order valence-electron chi connectivity index (χ3n) is 5.28. The van der Waals surface area contributed by atoms with E-state index < -0.39 is 27.1 Å². The van der Waals surface area contributed by atoms with Crippen LogP contribution in [0.5, 0.6) is 0 Å². The topological polar surface area (TPSA) is 57.7 Å². The minimum atomic E-state index is -3.83. The summed E-state index contributed by atoms with van der Waals surface area (Å²) in [5.41, 5.74) is -0.0348. The van der Waals surface area contributed by atoms with Gasteiger partial charge < -0.3 is 4.90 Å². The Morgan fingerprint density at radius 3 is 2.37 bits per heavy atom. The predicted molar refractivity (Wildman–Crippen MR) is 95.6 cm³/mol. The Morgan fingerprint density at radius 1 is 0.963 bits per heavy atom. The monoisotopic (exact) mass is 392 g/mol. The number of benzene rings is 2. The lowest BCUT2D eigenvalue weighted by molar-refractivity contribution is -0.117. The Kier molecular flexibility index (Phi) is 4.27. The highest BCUT2D eigenvalue weighted by molar-refractivity contribution is 7.89. The van der Waals surface area contributed by atoms with Crippen molar-refractivity contribution in [2.45, 2.75) is 17.7 Å². The lowest BCUT2D eigenvalue weighted by atomic mass is 9.86. The molecule has 0 aliphatic carbocycles. The summed E-state index contributed by atoms with van der Waals surface area (Å²) >= 11 is 0. The maximum absolute atomic E-state index is 13.5. The van der Waals surface area contributed by atoms with Crippen LogP contribution in [0.2, 0.25) is 0 Å². The maximum Gasteiger partial charge on any atom is 0.243 e. The number of nitrogens with zero attached hydrogens (tertiary/aromatic N) is 2. The molecule has 1 spiro atoms. The van der Waals surface area contributed by atoms with Crippen molar-refractivity contribution in [2.24, 2.45) is 5.41 Å². The SMILES string of the molecule is O=C1C[C@@]2(CCN(S(=O)(=O)c3cccc(F)c3)C2)CN1c1cccc(F)c1. The summed E-state index contributed by atoms with van der Waals surface area (Å²) in [5.74, 6) is -1.19. The summed E-state index contributed by atoms with van der Waals surface area (Å²) in [5, 5.41) is 0. The third kappa shape index (κ3) is 3.23. The van der Waals surface area contributed by atoms with Gasteiger partial charge >= 0.3 is 0 Å². The minimum absolute atomic E-state index is 0.0918. The van der Waals surface area contributed by atoms with E-state index in [4.69, 9.17) is 0 Å². The summed E-state index contributed by atoms with van der Waals surface area (Å²) in [4.78, 5) is 13.9. The largest absolute Gasteiger partial charge is 0.312 e. The van der Waals surface area contributed by atoms with Gasteiger partial charge in [-0.3, -0.25) is 4.79 Å². The van der Waals surface area contributed by atoms with Crippen molar-refractivity contribution < 1.29 is 22.0 Å².